The normalized spacial score (nSPS) is 11.0. The Morgan fingerprint density at radius 2 is 1.67 bits per heavy atom. The van der Waals surface area contributed by atoms with E-state index in [1.165, 1.54) is 5.56 Å². The summed E-state index contributed by atoms with van der Waals surface area (Å²) in [5, 5.41) is 5.59. The van der Waals surface area contributed by atoms with Crippen molar-refractivity contribution in [2.45, 2.75) is 26.2 Å². The smallest absolute Gasteiger partial charge is 0.253 e. The Balaban J connectivity index is 1.67. The molecule has 0 spiro atoms. The van der Waals surface area contributed by atoms with Crippen LogP contribution in [0.1, 0.15) is 36.7 Å². The van der Waals surface area contributed by atoms with E-state index in [1.54, 1.807) is 24.3 Å². The van der Waals surface area contributed by atoms with Crippen LogP contribution in [-0.2, 0) is 10.2 Å². The third-order valence-corrected chi connectivity index (χ3v) is 4.27. The Morgan fingerprint density at radius 1 is 1.00 bits per heavy atom. The summed E-state index contributed by atoms with van der Waals surface area (Å²) in [4.78, 5) is 23.8. The van der Waals surface area contributed by atoms with Gasteiger partial charge in [0, 0.05) is 0 Å². The van der Waals surface area contributed by atoms with Crippen LogP contribution in [0.5, 0.6) is 5.75 Å². The van der Waals surface area contributed by atoms with E-state index < -0.39 is 0 Å². The Bertz CT molecular complexity index is 783. The quantitative estimate of drug-likeness (QED) is 0.712. The van der Waals surface area contributed by atoms with Crippen LogP contribution in [0, 0.1) is 0 Å². The van der Waals surface area contributed by atoms with Gasteiger partial charge in [0.2, 0.25) is 5.91 Å². The van der Waals surface area contributed by atoms with Crippen LogP contribution in [0.15, 0.2) is 48.5 Å². The molecule has 0 radical (unpaired) electrons. The molecule has 0 aliphatic rings. The number of hydrogen-bond acceptors (Lipinski definition) is 3. The maximum absolute atomic E-state index is 12.0. The zero-order chi connectivity index (χ0) is 19.9. The van der Waals surface area contributed by atoms with Crippen molar-refractivity contribution in [2.24, 2.45) is 0 Å². The van der Waals surface area contributed by atoms with Gasteiger partial charge in [-0.2, -0.15) is 0 Å². The number of nitrogens with one attached hydrogen (secondary N) is 2. The maximum Gasteiger partial charge on any atom is 0.253 e. The fourth-order valence-electron chi connectivity index (χ4n) is 2.37. The molecule has 2 N–H and O–H groups in total. The SMILES string of the molecule is CC(C)(C)c1ccc(OCCNC(=O)CNC(=O)c2ccccc2Cl)cc1. The average molecular weight is 389 g/mol. The number of carbonyl (C=O) groups is 2. The molecular formula is C21H25ClN2O3. The van der Waals surface area contributed by atoms with E-state index in [2.05, 4.69) is 31.4 Å². The van der Waals surface area contributed by atoms with Crippen molar-refractivity contribution < 1.29 is 14.3 Å². The Labute approximate surface area is 165 Å². The summed E-state index contributed by atoms with van der Waals surface area (Å²) >= 11 is 5.95. The average Bonchev–Trinajstić information content (AvgIpc) is 2.63. The fourth-order valence-corrected chi connectivity index (χ4v) is 2.60. The summed E-state index contributed by atoms with van der Waals surface area (Å²) < 4.78 is 5.62. The van der Waals surface area contributed by atoms with E-state index in [-0.39, 0.29) is 23.8 Å². The van der Waals surface area contributed by atoms with Crippen LogP contribution < -0.4 is 15.4 Å². The molecule has 0 aromatic heterocycles. The molecule has 0 aliphatic carbocycles. The van der Waals surface area contributed by atoms with Crippen molar-refractivity contribution in [2.75, 3.05) is 19.7 Å². The lowest BCUT2D eigenvalue weighted by Gasteiger charge is -2.19. The standard InChI is InChI=1S/C21H25ClN2O3/c1-21(2,3)15-8-10-16(11-9-15)27-13-12-23-19(25)14-24-20(26)17-6-4-5-7-18(17)22/h4-11H,12-14H2,1-3H3,(H,23,25)(H,24,26). The zero-order valence-electron chi connectivity index (χ0n) is 15.8. The summed E-state index contributed by atoms with van der Waals surface area (Å²) in [5.74, 6) is 0.0808. The highest BCUT2D eigenvalue weighted by atomic mass is 35.5. The molecule has 2 aromatic carbocycles. The largest absolute Gasteiger partial charge is 0.492 e. The first-order chi connectivity index (χ1) is 12.8. The number of benzene rings is 2. The molecule has 0 bridgehead atoms. The van der Waals surface area contributed by atoms with Gasteiger partial charge in [0.05, 0.1) is 23.7 Å². The third-order valence-electron chi connectivity index (χ3n) is 3.94. The predicted octanol–water partition coefficient (Wildman–Crippen LogP) is 3.56. The molecular weight excluding hydrogens is 364 g/mol. The molecule has 0 fully saturated rings. The highest BCUT2D eigenvalue weighted by molar-refractivity contribution is 6.33. The monoisotopic (exact) mass is 388 g/mol. The van der Waals surface area contributed by atoms with Gasteiger partial charge in [0.15, 0.2) is 0 Å². The van der Waals surface area contributed by atoms with E-state index in [0.29, 0.717) is 23.7 Å². The summed E-state index contributed by atoms with van der Waals surface area (Å²) in [5.41, 5.74) is 1.67. The molecule has 144 valence electrons. The van der Waals surface area contributed by atoms with Crippen molar-refractivity contribution >= 4 is 23.4 Å². The van der Waals surface area contributed by atoms with Gasteiger partial charge in [-0.05, 0) is 35.2 Å². The maximum atomic E-state index is 12.0. The van der Waals surface area contributed by atoms with Crippen molar-refractivity contribution in [3.05, 3.63) is 64.7 Å². The second kappa shape index (κ2) is 9.42. The van der Waals surface area contributed by atoms with Gasteiger partial charge < -0.3 is 15.4 Å². The van der Waals surface area contributed by atoms with Crippen LogP contribution in [-0.4, -0.2) is 31.5 Å². The van der Waals surface area contributed by atoms with E-state index >= 15 is 0 Å². The number of halogens is 1. The number of carbonyl (C=O) groups excluding carboxylic acids is 2. The second-order valence-electron chi connectivity index (χ2n) is 7.14. The summed E-state index contributed by atoms with van der Waals surface area (Å²) in [7, 11) is 0. The Morgan fingerprint density at radius 3 is 2.30 bits per heavy atom. The minimum Gasteiger partial charge on any atom is -0.492 e. The first kappa shape index (κ1) is 20.8. The lowest BCUT2D eigenvalue weighted by molar-refractivity contribution is -0.120. The number of rotatable bonds is 7. The predicted molar refractivity (Wildman–Crippen MR) is 107 cm³/mol. The second-order valence-corrected chi connectivity index (χ2v) is 7.54. The molecule has 6 heteroatoms. The van der Waals surface area contributed by atoms with Crippen molar-refractivity contribution in [3.63, 3.8) is 0 Å². The van der Waals surface area contributed by atoms with Crippen LogP contribution in [0.4, 0.5) is 0 Å². The topological polar surface area (TPSA) is 67.4 Å². The summed E-state index contributed by atoms with van der Waals surface area (Å²) in [6.07, 6.45) is 0. The van der Waals surface area contributed by atoms with Crippen LogP contribution >= 0.6 is 11.6 Å². The number of hydrogen-bond donors (Lipinski definition) is 2. The lowest BCUT2D eigenvalue weighted by atomic mass is 9.87. The molecule has 0 saturated heterocycles. The molecule has 0 atom stereocenters. The number of ether oxygens (including phenoxy) is 1. The van der Waals surface area contributed by atoms with Gasteiger partial charge in [-0.1, -0.05) is 56.6 Å². The van der Waals surface area contributed by atoms with E-state index in [9.17, 15) is 9.59 Å². The third kappa shape index (κ3) is 6.61. The molecule has 0 saturated carbocycles. The molecule has 2 aromatic rings. The molecule has 27 heavy (non-hydrogen) atoms. The van der Waals surface area contributed by atoms with Gasteiger partial charge in [0.25, 0.3) is 5.91 Å². The number of amides is 2. The Kier molecular flexibility index (Phi) is 7.25. The van der Waals surface area contributed by atoms with Crippen LogP contribution in [0.2, 0.25) is 5.02 Å². The molecule has 0 heterocycles. The van der Waals surface area contributed by atoms with Gasteiger partial charge in [0.1, 0.15) is 12.4 Å². The minimum atomic E-state index is -0.383. The van der Waals surface area contributed by atoms with Gasteiger partial charge in [-0.3, -0.25) is 9.59 Å². The van der Waals surface area contributed by atoms with Crippen LogP contribution in [0.3, 0.4) is 0 Å². The molecule has 2 amide bonds. The van der Waals surface area contributed by atoms with E-state index in [1.807, 2.05) is 24.3 Å². The van der Waals surface area contributed by atoms with E-state index in [0.717, 1.165) is 5.75 Å². The minimum absolute atomic E-state index is 0.0981. The molecule has 0 aliphatic heterocycles. The first-order valence-electron chi connectivity index (χ1n) is 8.80. The van der Waals surface area contributed by atoms with Gasteiger partial charge in [-0.15, -0.1) is 0 Å². The van der Waals surface area contributed by atoms with Crippen LogP contribution in [0.25, 0.3) is 0 Å². The summed E-state index contributed by atoms with van der Waals surface area (Å²) in [6.45, 7) is 7.04. The highest BCUT2D eigenvalue weighted by Crippen LogP contribution is 2.24. The van der Waals surface area contributed by atoms with Gasteiger partial charge in [-0.25, -0.2) is 0 Å². The molecule has 5 nitrogen and oxygen atoms in total. The van der Waals surface area contributed by atoms with Gasteiger partial charge >= 0.3 is 0 Å². The highest BCUT2D eigenvalue weighted by Gasteiger charge is 2.13. The zero-order valence-corrected chi connectivity index (χ0v) is 16.6. The van der Waals surface area contributed by atoms with Crippen molar-refractivity contribution in [1.29, 1.82) is 0 Å². The summed E-state index contributed by atoms with van der Waals surface area (Å²) in [6, 6.07) is 14.6. The molecule has 2 rings (SSSR count). The molecule has 0 unspecified atom stereocenters. The Hall–Kier alpha value is -2.53. The van der Waals surface area contributed by atoms with Crippen molar-refractivity contribution in [3.8, 4) is 5.75 Å². The van der Waals surface area contributed by atoms with E-state index in [4.69, 9.17) is 16.3 Å². The first-order valence-corrected chi connectivity index (χ1v) is 9.18. The lowest BCUT2D eigenvalue weighted by Crippen LogP contribution is -2.38. The van der Waals surface area contributed by atoms with Crippen molar-refractivity contribution in [1.82, 2.24) is 10.6 Å². The fraction of sp³-hybridized carbons (Fsp3) is 0.333.